The topological polar surface area (TPSA) is 103 Å². The molecule has 1 atom stereocenters. The highest BCUT2D eigenvalue weighted by Crippen LogP contribution is 2.35. The van der Waals surface area contributed by atoms with Gasteiger partial charge in [0.2, 0.25) is 11.8 Å². The van der Waals surface area contributed by atoms with Crippen molar-refractivity contribution in [1.29, 1.82) is 0 Å². The summed E-state index contributed by atoms with van der Waals surface area (Å²) in [5, 5.41) is 6.20. The van der Waals surface area contributed by atoms with Crippen molar-refractivity contribution in [3.63, 3.8) is 0 Å². The van der Waals surface area contributed by atoms with Crippen molar-refractivity contribution in [3.8, 4) is 0 Å². The summed E-state index contributed by atoms with van der Waals surface area (Å²) in [6, 6.07) is 20.1. The molecule has 0 bridgehead atoms. The first-order valence-electron chi connectivity index (χ1n) is 12.5. The molecule has 0 fully saturated rings. The Balaban J connectivity index is 1.27. The smallest absolute Gasteiger partial charge is 0.270 e. The zero-order valence-electron chi connectivity index (χ0n) is 21.2. The molecule has 2 aliphatic heterocycles. The molecule has 8 nitrogen and oxygen atoms in total. The Kier molecular flexibility index (Phi) is 7.83. The van der Waals surface area contributed by atoms with Crippen LogP contribution in [0.4, 0.5) is 15.8 Å². The largest absolute Gasteiger partial charge is 0.352 e. The number of para-hydroxylation sites is 2. The van der Waals surface area contributed by atoms with E-state index in [4.69, 9.17) is 4.99 Å². The highest BCUT2D eigenvalue weighted by atomic mass is 32.2. The molecule has 1 unspecified atom stereocenters. The van der Waals surface area contributed by atoms with E-state index in [0.29, 0.717) is 16.7 Å². The van der Waals surface area contributed by atoms with Crippen molar-refractivity contribution in [3.05, 3.63) is 95.3 Å². The SMILES string of the molecule is Cc1ccccc1NC(=O)CSC1=Nc2ccccc2C2=NC(=O)C(CCC(=O)NCc3ccc(F)cc3)N12. The van der Waals surface area contributed by atoms with Gasteiger partial charge in [0.25, 0.3) is 5.91 Å². The second-order valence-electron chi connectivity index (χ2n) is 9.16. The molecule has 0 saturated heterocycles. The molecule has 0 aromatic heterocycles. The van der Waals surface area contributed by atoms with Gasteiger partial charge in [0.1, 0.15) is 17.7 Å². The third kappa shape index (κ3) is 6.06. The molecule has 39 heavy (non-hydrogen) atoms. The van der Waals surface area contributed by atoms with Crippen LogP contribution in [-0.4, -0.2) is 45.4 Å². The summed E-state index contributed by atoms with van der Waals surface area (Å²) in [5.41, 5.74) is 3.86. The number of aryl methyl sites for hydroxylation is 1. The van der Waals surface area contributed by atoms with Crippen LogP contribution >= 0.6 is 11.8 Å². The van der Waals surface area contributed by atoms with E-state index in [1.165, 1.54) is 23.9 Å². The van der Waals surface area contributed by atoms with E-state index < -0.39 is 6.04 Å². The summed E-state index contributed by atoms with van der Waals surface area (Å²) in [6.07, 6.45) is 0.308. The lowest BCUT2D eigenvalue weighted by Gasteiger charge is -2.31. The summed E-state index contributed by atoms with van der Waals surface area (Å²) in [6.45, 7) is 2.18. The van der Waals surface area contributed by atoms with Crippen molar-refractivity contribution >= 4 is 51.9 Å². The van der Waals surface area contributed by atoms with Gasteiger partial charge in [-0.15, -0.1) is 0 Å². The van der Waals surface area contributed by atoms with Gasteiger partial charge in [-0.3, -0.25) is 19.3 Å². The first-order valence-corrected chi connectivity index (χ1v) is 13.5. The minimum atomic E-state index is -0.712. The number of nitrogens with one attached hydrogen (secondary N) is 2. The van der Waals surface area contributed by atoms with Gasteiger partial charge < -0.3 is 10.6 Å². The summed E-state index contributed by atoms with van der Waals surface area (Å²) in [7, 11) is 0. The third-order valence-corrected chi connectivity index (χ3v) is 7.36. The van der Waals surface area contributed by atoms with Crippen LogP contribution < -0.4 is 10.6 Å². The van der Waals surface area contributed by atoms with E-state index in [2.05, 4.69) is 15.6 Å². The minimum Gasteiger partial charge on any atom is -0.352 e. The number of carbonyl (C=O) groups excluding carboxylic acids is 3. The van der Waals surface area contributed by atoms with Crippen molar-refractivity contribution in [2.24, 2.45) is 9.98 Å². The van der Waals surface area contributed by atoms with E-state index in [-0.39, 0.29) is 48.7 Å². The fraction of sp³-hybridized carbons (Fsp3) is 0.207. The van der Waals surface area contributed by atoms with Crippen LogP contribution in [0.2, 0.25) is 0 Å². The molecule has 2 heterocycles. The van der Waals surface area contributed by atoms with E-state index in [0.717, 1.165) is 22.4 Å². The molecule has 2 N–H and O–H groups in total. The average Bonchev–Trinajstić information content (AvgIpc) is 3.27. The Labute approximate surface area is 229 Å². The zero-order chi connectivity index (χ0) is 27.4. The van der Waals surface area contributed by atoms with Crippen molar-refractivity contribution in [1.82, 2.24) is 10.2 Å². The molecule has 0 saturated carbocycles. The number of benzene rings is 3. The summed E-state index contributed by atoms with van der Waals surface area (Å²) < 4.78 is 13.1. The van der Waals surface area contributed by atoms with Gasteiger partial charge in [-0.05, 0) is 54.8 Å². The number of thioether (sulfide) groups is 1. The normalized spacial score (nSPS) is 15.7. The predicted octanol–water partition coefficient (Wildman–Crippen LogP) is 4.56. The second-order valence-corrected chi connectivity index (χ2v) is 10.1. The summed E-state index contributed by atoms with van der Waals surface area (Å²) in [4.78, 5) is 49.1. The Morgan fingerprint density at radius 3 is 2.51 bits per heavy atom. The van der Waals surface area contributed by atoms with Gasteiger partial charge in [-0.1, -0.05) is 54.2 Å². The molecular formula is C29H26FN5O3S. The molecule has 3 aromatic rings. The molecule has 0 radical (unpaired) electrons. The van der Waals surface area contributed by atoms with Crippen LogP contribution in [0.15, 0.2) is 82.8 Å². The molecule has 198 valence electrons. The van der Waals surface area contributed by atoms with Crippen LogP contribution in [0, 0.1) is 12.7 Å². The first-order chi connectivity index (χ1) is 18.9. The molecule has 2 aliphatic rings. The number of amidine groups is 2. The van der Waals surface area contributed by atoms with Gasteiger partial charge >= 0.3 is 0 Å². The highest BCUT2D eigenvalue weighted by Gasteiger charge is 2.41. The van der Waals surface area contributed by atoms with Crippen LogP contribution in [0.3, 0.4) is 0 Å². The quantitative estimate of drug-likeness (QED) is 0.434. The summed E-state index contributed by atoms with van der Waals surface area (Å²) >= 11 is 1.22. The lowest BCUT2D eigenvalue weighted by atomic mass is 10.1. The number of fused-ring (bicyclic) bond motifs is 3. The Bertz CT molecular complexity index is 1490. The highest BCUT2D eigenvalue weighted by molar-refractivity contribution is 8.14. The van der Waals surface area contributed by atoms with Crippen molar-refractivity contribution < 1.29 is 18.8 Å². The number of rotatable bonds is 8. The van der Waals surface area contributed by atoms with E-state index in [1.807, 2.05) is 55.5 Å². The minimum absolute atomic E-state index is 0.0815. The molecule has 3 aromatic carbocycles. The third-order valence-electron chi connectivity index (χ3n) is 6.41. The number of hydrogen-bond donors (Lipinski definition) is 2. The monoisotopic (exact) mass is 543 g/mol. The van der Waals surface area contributed by atoms with Crippen LogP contribution in [0.1, 0.15) is 29.5 Å². The zero-order valence-corrected chi connectivity index (χ0v) is 22.0. The molecule has 10 heteroatoms. The van der Waals surface area contributed by atoms with Crippen molar-refractivity contribution in [2.45, 2.75) is 32.4 Å². The van der Waals surface area contributed by atoms with Crippen LogP contribution in [0.25, 0.3) is 0 Å². The molecule has 0 spiro atoms. The predicted molar refractivity (Wildman–Crippen MR) is 150 cm³/mol. The Morgan fingerprint density at radius 1 is 0.974 bits per heavy atom. The fourth-order valence-electron chi connectivity index (χ4n) is 4.36. The average molecular weight is 544 g/mol. The maximum atomic E-state index is 13.1. The van der Waals surface area contributed by atoms with Gasteiger partial charge in [0.05, 0.1) is 11.4 Å². The van der Waals surface area contributed by atoms with E-state index in [1.54, 1.807) is 17.0 Å². The Morgan fingerprint density at radius 2 is 1.72 bits per heavy atom. The number of halogens is 1. The van der Waals surface area contributed by atoms with E-state index >= 15 is 0 Å². The number of aliphatic imine (C=N–C) groups is 2. The standard InChI is InChI=1S/C29H26FN5O3S/c1-18-6-2-4-8-22(18)32-26(37)17-39-29-33-23-9-5-3-7-21(23)27-34-28(38)24(35(27)29)14-15-25(36)31-16-19-10-12-20(30)13-11-19/h2-13,24H,14-17H2,1H3,(H,31,36)(H,32,37). The molecule has 3 amide bonds. The number of amides is 3. The number of hydrogen-bond acceptors (Lipinski definition) is 6. The van der Waals surface area contributed by atoms with Crippen molar-refractivity contribution in [2.75, 3.05) is 11.1 Å². The molecular weight excluding hydrogens is 517 g/mol. The van der Waals surface area contributed by atoms with Gasteiger partial charge in [-0.2, -0.15) is 4.99 Å². The first kappa shape index (κ1) is 26.3. The van der Waals surface area contributed by atoms with Crippen LogP contribution in [-0.2, 0) is 20.9 Å². The maximum absolute atomic E-state index is 13.1. The van der Waals surface area contributed by atoms with Gasteiger partial charge in [0, 0.05) is 24.2 Å². The molecule has 5 rings (SSSR count). The lowest BCUT2D eigenvalue weighted by molar-refractivity contribution is -0.122. The number of anilines is 1. The number of nitrogens with zero attached hydrogens (tertiary/aromatic N) is 3. The Hall–Kier alpha value is -4.31. The van der Waals surface area contributed by atoms with E-state index in [9.17, 15) is 18.8 Å². The van der Waals surface area contributed by atoms with Crippen LogP contribution in [0.5, 0.6) is 0 Å². The van der Waals surface area contributed by atoms with Gasteiger partial charge in [-0.25, -0.2) is 9.38 Å². The maximum Gasteiger partial charge on any atom is 0.270 e. The second kappa shape index (κ2) is 11.6. The fourth-order valence-corrected chi connectivity index (χ4v) is 5.21. The molecule has 0 aliphatic carbocycles. The van der Waals surface area contributed by atoms with Gasteiger partial charge in [0.15, 0.2) is 5.17 Å². The number of carbonyl (C=O) groups is 3. The lowest BCUT2D eigenvalue weighted by Crippen LogP contribution is -2.44. The summed E-state index contributed by atoms with van der Waals surface area (Å²) in [5.74, 6) is -0.571.